The Morgan fingerprint density at radius 3 is 2.00 bits per heavy atom. The first-order valence-electron chi connectivity index (χ1n) is 1.47. The Morgan fingerprint density at radius 2 is 2.00 bits per heavy atom. The van der Waals surface area contributed by atoms with E-state index >= 15 is 0 Å². The van der Waals surface area contributed by atoms with E-state index in [1.54, 1.807) is 0 Å². The molecular weight excluding hydrogens is 461 g/mol. The molecule has 0 bridgehead atoms. The van der Waals surface area contributed by atoms with E-state index in [2.05, 4.69) is 6.92 Å². The molecule has 24 valence electrons. The van der Waals surface area contributed by atoms with Crippen molar-refractivity contribution in [2.24, 2.45) is 0 Å². The first-order valence-corrected chi connectivity index (χ1v) is 12.1. The van der Waals surface area contributed by atoms with Crippen molar-refractivity contribution < 1.29 is 51.0 Å². The summed E-state index contributed by atoms with van der Waals surface area (Å²) in [4.78, 5) is 0. The second-order valence-electron chi connectivity index (χ2n) is 0.689. The fraction of sp³-hybridized carbons (Fsp3) is 1.00. The van der Waals surface area contributed by atoms with Gasteiger partial charge in [0.25, 0.3) is 0 Å². The Bertz CT molecular complexity index is 9.61. The van der Waals surface area contributed by atoms with Crippen molar-refractivity contribution in [3.63, 3.8) is 0 Å². The fourth-order valence-electron chi connectivity index (χ4n) is 0. The average molecular weight is 466 g/mol. The smallest absolute Gasteiger partial charge is 0 e. The van der Waals surface area contributed by atoms with Crippen LogP contribution in [0.15, 0.2) is 0 Å². The molecule has 0 saturated carbocycles. The summed E-state index contributed by atoms with van der Waals surface area (Å²) in [6.45, 7) is 2.15. The minimum atomic E-state index is -0.640. The van der Waals surface area contributed by atoms with Crippen LogP contribution in [0.2, 0.25) is 3.93 Å². The summed E-state index contributed by atoms with van der Waals surface area (Å²) in [5, 5.41) is 0. The molecule has 3 heteroatoms. The number of rotatable bonds is 1. The van der Waals surface area contributed by atoms with E-state index in [1.807, 2.05) is 0 Å². The number of halogens is 1. The molecule has 0 amide bonds. The van der Waals surface area contributed by atoms with Crippen LogP contribution in [0.5, 0.6) is 0 Å². The summed E-state index contributed by atoms with van der Waals surface area (Å²) in [6.07, 6.45) is 0. The molecule has 0 aromatic heterocycles. The molecule has 0 radical (unpaired) electrons. The van der Waals surface area contributed by atoms with Crippen molar-refractivity contribution in [3.8, 4) is 0 Å². The molecule has 0 fully saturated rings. The van der Waals surface area contributed by atoms with E-state index in [0.717, 1.165) is 0 Å². The zero-order valence-corrected chi connectivity index (χ0v) is 15.3. The minimum absolute atomic E-state index is 0. The zero-order chi connectivity index (χ0) is 3.41. The molecule has 0 saturated heterocycles. The van der Waals surface area contributed by atoms with Crippen molar-refractivity contribution in [3.05, 3.63) is 0 Å². The van der Waals surface area contributed by atoms with Crippen LogP contribution in [0.3, 0.4) is 0 Å². The normalized spacial score (nSPS) is 4.40. The van der Waals surface area contributed by atoms with Gasteiger partial charge in [-0.2, -0.15) is 0 Å². The van der Waals surface area contributed by atoms with Gasteiger partial charge in [-0.05, 0) is 0 Å². The van der Waals surface area contributed by atoms with Crippen LogP contribution in [0.1, 0.15) is 6.92 Å². The first-order chi connectivity index (χ1) is 1.91. The van der Waals surface area contributed by atoms with Gasteiger partial charge in [-0.15, -0.1) is 0 Å². The second-order valence-corrected chi connectivity index (χ2v) is 9.36. The molecule has 0 unspecified atom stereocenters. The standard InChI is InChI=1S/C2H5.ClH.2Hg/c1-2;;;/h1H2,2H3;1H;;/q;;;+1/p-1. The van der Waals surface area contributed by atoms with Crippen LogP contribution >= 0.6 is 8.25 Å². The van der Waals surface area contributed by atoms with Gasteiger partial charge in [0.2, 0.25) is 0 Å². The third-order valence-corrected chi connectivity index (χ3v) is 4.97. The van der Waals surface area contributed by atoms with Crippen molar-refractivity contribution in [2.75, 3.05) is 0 Å². The van der Waals surface area contributed by atoms with E-state index in [4.69, 9.17) is 8.25 Å². The summed E-state index contributed by atoms with van der Waals surface area (Å²) in [5.41, 5.74) is 0. The SMILES string of the molecule is C[CH2][Hg][Cl].[Hg]. The first kappa shape index (κ1) is 10.2. The van der Waals surface area contributed by atoms with Crippen LogP contribution in [0.4, 0.5) is 0 Å². The van der Waals surface area contributed by atoms with Gasteiger partial charge >= 0.3 is 42.4 Å². The van der Waals surface area contributed by atoms with E-state index in [9.17, 15) is 0 Å². The minimum Gasteiger partial charge on any atom is 0 e. The molecule has 0 aliphatic carbocycles. The third kappa shape index (κ3) is 10.7. The maximum absolute atomic E-state index is 5.41. The van der Waals surface area contributed by atoms with Crippen molar-refractivity contribution in [2.45, 2.75) is 10.9 Å². The van der Waals surface area contributed by atoms with Gasteiger partial charge in [-0.25, -0.2) is 0 Å². The molecule has 0 aromatic rings. The molecule has 0 atom stereocenters. The molecule has 0 aliphatic heterocycles. The predicted octanol–water partition coefficient (Wildman–Crippen LogP) is 1.66. The molecular formula is C2H5ClHg2. The second kappa shape index (κ2) is 9.48. The molecule has 0 aliphatic rings. The molecule has 0 heterocycles. The van der Waals surface area contributed by atoms with E-state index in [1.165, 1.54) is 3.93 Å². The Balaban J connectivity index is 0. The molecule has 0 spiro atoms. The molecule has 0 rings (SSSR count). The average Bonchev–Trinajstić information content (AvgIpc) is 1.37. The largest absolute Gasteiger partial charge is 0 e. The maximum atomic E-state index is 5.41. The van der Waals surface area contributed by atoms with Crippen LogP contribution in [0.25, 0.3) is 0 Å². The number of hydrogen-bond donors (Lipinski definition) is 0. The summed E-state index contributed by atoms with van der Waals surface area (Å²) >= 11 is -0.640. The van der Waals surface area contributed by atoms with Gasteiger partial charge in [0.05, 0.1) is 0 Å². The van der Waals surface area contributed by atoms with Crippen molar-refractivity contribution in [1.29, 1.82) is 0 Å². The van der Waals surface area contributed by atoms with Crippen molar-refractivity contribution in [1.82, 2.24) is 0 Å². The van der Waals surface area contributed by atoms with Gasteiger partial charge in [-0.3, -0.25) is 0 Å². The van der Waals surface area contributed by atoms with Gasteiger partial charge < -0.3 is 0 Å². The van der Waals surface area contributed by atoms with Gasteiger partial charge in [0.1, 0.15) is 0 Å². The summed E-state index contributed by atoms with van der Waals surface area (Å²) < 4.78 is 1.31. The van der Waals surface area contributed by atoms with E-state index in [0.29, 0.717) is 0 Å². The quantitative estimate of drug-likeness (QED) is 0.517. The molecule has 0 N–H and O–H groups in total. The zero-order valence-electron chi connectivity index (χ0n) is 3.50. The van der Waals surface area contributed by atoms with E-state index < -0.39 is 23.3 Å². The fourth-order valence-corrected chi connectivity index (χ4v) is 0. The van der Waals surface area contributed by atoms with Gasteiger partial charge in [-0.1, -0.05) is 0 Å². The van der Waals surface area contributed by atoms with Crippen LogP contribution < -0.4 is 0 Å². The van der Waals surface area contributed by atoms with Gasteiger partial charge in [0.15, 0.2) is 0 Å². The molecule has 0 aromatic carbocycles. The van der Waals surface area contributed by atoms with E-state index in [-0.39, 0.29) is 27.7 Å². The Kier molecular flexibility index (Phi) is 19.3. The summed E-state index contributed by atoms with van der Waals surface area (Å²) in [5.74, 6) is 0. The Labute approximate surface area is 69.0 Å². The third-order valence-electron chi connectivity index (χ3n) is 0.189. The summed E-state index contributed by atoms with van der Waals surface area (Å²) in [7, 11) is 5.41. The predicted molar refractivity (Wildman–Crippen MR) is 16.3 cm³/mol. The Morgan fingerprint density at radius 1 is 1.80 bits per heavy atom. The van der Waals surface area contributed by atoms with Crippen LogP contribution in [0, 0.1) is 0 Å². The van der Waals surface area contributed by atoms with Crippen LogP contribution in [-0.4, -0.2) is 0 Å². The topological polar surface area (TPSA) is 0 Å². The monoisotopic (exact) mass is 468 g/mol. The van der Waals surface area contributed by atoms with Crippen LogP contribution in [-0.2, 0) is 51.0 Å². The maximum Gasteiger partial charge on any atom is 0 e. The molecule has 0 nitrogen and oxygen atoms in total. The van der Waals surface area contributed by atoms with Gasteiger partial charge in [0, 0.05) is 27.7 Å². The van der Waals surface area contributed by atoms with Crippen molar-refractivity contribution >= 4 is 8.25 Å². The number of hydrogen-bond acceptors (Lipinski definition) is 0. The summed E-state index contributed by atoms with van der Waals surface area (Å²) in [6, 6.07) is 0. The Hall–Kier alpha value is 2.16. The molecule has 5 heavy (non-hydrogen) atoms.